The Kier molecular flexibility index (Phi) is 3.87. The third kappa shape index (κ3) is 3.11. The van der Waals surface area contributed by atoms with Crippen LogP contribution in [0.15, 0.2) is 36.5 Å². The van der Waals surface area contributed by atoms with Crippen LogP contribution in [0.1, 0.15) is 11.1 Å². The molecule has 0 bridgehead atoms. The van der Waals surface area contributed by atoms with E-state index in [0.717, 1.165) is 21.8 Å². The number of aryl methyl sites for hydroxylation is 1. The van der Waals surface area contributed by atoms with Gasteiger partial charge in [-0.3, -0.25) is 0 Å². The maximum Gasteiger partial charge on any atom is 0.152 e. The smallest absolute Gasteiger partial charge is 0.152 e. The van der Waals surface area contributed by atoms with Crippen molar-refractivity contribution < 1.29 is 0 Å². The summed E-state index contributed by atoms with van der Waals surface area (Å²) in [5.41, 5.74) is 2.93. The molecule has 2 aromatic rings. The molecule has 1 aromatic carbocycles. The molecular weight excluding hydrogens is 255 g/mol. The van der Waals surface area contributed by atoms with Crippen LogP contribution in [0, 0.1) is 6.92 Å². The maximum atomic E-state index is 6.07. The SMILES string of the molecule is Cc1cnc(Cl)c(NCc2ccccc2Cl)c1. The van der Waals surface area contributed by atoms with Crippen LogP contribution in [0.5, 0.6) is 0 Å². The number of hydrogen-bond donors (Lipinski definition) is 1. The maximum absolute atomic E-state index is 6.07. The molecule has 0 spiro atoms. The van der Waals surface area contributed by atoms with Crippen LogP contribution in [0.25, 0.3) is 0 Å². The summed E-state index contributed by atoms with van der Waals surface area (Å²) in [7, 11) is 0. The summed E-state index contributed by atoms with van der Waals surface area (Å²) in [6, 6.07) is 9.68. The fourth-order valence-electron chi connectivity index (χ4n) is 1.51. The largest absolute Gasteiger partial charge is 0.378 e. The van der Waals surface area contributed by atoms with Gasteiger partial charge in [-0.1, -0.05) is 41.4 Å². The Morgan fingerprint density at radius 1 is 1.24 bits per heavy atom. The standard InChI is InChI=1S/C13H12Cl2N2/c1-9-6-12(13(15)17-7-9)16-8-10-4-2-3-5-11(10)14/h2-7,16H,8H2,1H3. The van der Waals surface area contributed by atoms with E-state index in [9.17, 15) is 0 Å². The second kappa shape index (κ2) is 5.39. The molecule has 2 nitrogen and oxygen atoms in total. The van der Waals surface area contributed by atoms with Gasteiger partial charge >= 0.3 is 0 Å². The Balaban J connectivity index is 2.12. The van der Waals surface area contributed by atoms with Crippen LogP contribution in [-0.4, -0.2) is 4.98 Å². The Bertz CT molecular complexity index is 527. The average molecular weight is 267 g/mol. The topological polar surface area (TPSA) is 24.9 Å². The normalized spacial score (nSPS) is 10.3. The molecule has 0 amide bonds. The Morgan fingerprint density at radius 3 is 2.76 bits per heavy atom. The second-order valence-electron chi connectivity index (χ2n) is 3.80. The van der Waals surface area contributed by atoms with Crippen LogP contribution in [0.2, 0.25) is 10.2 Å². The van der Waals surface area contributed by atoms with Gasteiger partial charge in [-0.05, 0) is 30.2 Å². The highest BCUT2D eigenvalue weighted by Gasteiger charge is 2.03. The lowest BCUT2D eigenvalue weighted by Gasteiger charge is -2.09. The van der Waals surface area contributed by atoms with Crippen molar-refractivity contribution in [2.75, 3.05) is 5.32 Å². The summed E-state index contributed by atoms with van der Waals surface area (Å²) in [6.07, 6.45) is 1.74. The van der Waals surface area contributed by atoms with E-state index in [2.05, 4.69) is 10.3 Å². The number of nitrogens with one attached hydrogen (secondary N) is 1. The van der Waals surface area contributed by atoms with Gasteiger partial charge in [-0.15, -0.1) is 0 Å². The molecule has 0 saturated carbocycles. The number of rotatable bonds is 3. The van der Waals surface area contributed by atoms with Crippen molar-refractivity contribution in [3.63, 3.8) is 0 Å². The number of pyridine rings is 1. The first-order chi connectivity index (χ1) is 8.16. The number of benzene rings is 1. The van der Waals surface area contributed by atoms with Crippen LogP contribution < -0.4 is 5.32 Å². The van der Waals surface area contributed by atoms with Gasteiger partial charge in [0.25, 0.3) is 0 Å². The predicted molar refractivity (Wildman–Crippen MR) is 72.8 cm³/mol. The van der Waals surface area contributed by atoms with Crippen LogP contribution in [0.4, 0.5) is 5.69 Å². The van der Waals surface area contributed by atoms with Gasteiger partial charge in [0.15, 0.2) is 5.15 Å². The fraction of sp³-hybridized carbons (Fsp3) is 0.154. The summed E-state index contributed by atoms with van der Waals surface area (Å²) in [6.45, 7) is 2.61. The van der Waals surface area contributed by atoms with E-state index in [-0.39, 0.29) is 0 Å². The van der Waals surface area contributed by atoms with Crippen molar-refractivity contribution in [3.05, 3.63) is 57.8 Å². The molecule has 0 fully saturated rings. The van der Waals surface area contributed by atoms with Crippen molar-refractivity contribution in [3.8, 4) is 0 Å². The van der Waals surface area contributed by atoms with Gasteiger partial charge in [0.2, 0.25) is 0 Å². The first kappa shape index (κ1) is 12.2. The predicted octanol–water partition coefficient (Wildman–Crippen LogP) is 4.31. The quantitative estimate of drug-likeness (QED) is 0.838. The first-order valence-corrected chi connectivity index (χ1v) is 6.02. The molecule has 1 aromatic heterocycles. The highest BCUT2D eigenvalue weighted by molar-refractivity contribution is 6.32. The number of halogens is 2. The van der Waals surface area contributed by atoms with E-state index in [1.54, 1.807) is 6.20 Å². The van der Waals surface area contributed by atoms with Crippen molar-refractivity contribution in [1.82, 2.24) is 4.98 Å². The number of aromatic nitrogens is 1. The van der Waals surface area contributed by atoms with Crippen LogP contribution in [0.3, 0.4) is 0 Å². The number of anilines is 1. The first-order valence-electron chi connectivity index (χ1n) is 5.26. The summed E-state index contributed by atoms with van der Waals surface area (Å²) in [5, 5.41) is 4.45. The minimum Gasteiger partial charge on any atom is -0.378 e. The van der Waals surface area contributed by atoms with E-state index in [1.165, 1.54) is 0 Å². The van der Waals surface area contributed by atoms with Crippen molar-refractivity contribution >= 4 is 28.9 Å². The highest BCUT2D eigenvalue weighted by Crippen LogP contribution is 2.22. The zero-order valence-corrected chi connectivity index (χ0v) is 10.9. The summed E-state index contributed by atoms with van der Waals surface area (Å²) < 4.78 is 0. The fourth-order valence-corrected chi connectivity index (χ4v) is 1.88. The lowest BCUT2D eigenvalue weighted by Crippen LogP contribution is -2.01. The van der Waals surface area contributed by atoms with E-state index in [4.69, 9.17) is 23.2 Å². The highest BCUT2D eigenvalue weighted by atomic mass is 35.5. The Morgan fingerprint density at radius 2 is 2.00 bits per heavy atom. The van der Waals surface area contributed by atoms with E-state index in [1.807, 2.05) is 37.3 Å². The van der Waals surface area contributed by atoms with Crippen molar-refractivity contribution in [2.45, 2.75) is 13.5 Å². The van der Waals surface area contributed by atoms with Gasteiger partial charge in [0.05, 0.1) is 5.69 Å². The molecule has 2 rings (SSSR count). The monoisotopic (exact) mass is 266 g/mol. The van der Waals surface area contributed by atoms with Gasteiger partial charge < -0.3 is 5.32 Å². The molecule has 17 heavy (non-hydrogen) atoms. The molecule has 1 N–H and O–H groups in total. The van der Waals surface area contributed by atoms with Crippen molar-refractivity contribution in [1.29, 1.82) is 0 Å². The Labute approximate surface area is 111 Å². The number of hydrogen-bond acceptors (Lipinski definition) is 2. The molecule has 0 atom stereocenters. The summed E-state index contributed by atoms with van der Waals surface area (Å²) in [5.74, 6) is 0. The molecular formula is C13H12Cl2N2. The molecule has 88 valence electrons. The molecule has 0 unspecified atom stereocenters. The number of nitrogens with zero attached hydrogens (tertiary/aromatic N) is 1. The molecule has 0 radical (unpaired) electrons. The van der Waals surface area contributed by atoms with E-state index in [0.29, 0.717) is 11.7 Å². The molecule has 1 heterocycles. The van der Waals surface area contributed by atoms with Crippen LogP contribution in [-0.2, 0) is 6.54 Å². The third-order valence-electron chi connectivity index (χ3n) is 2.40. The van der Waals surface area contributed by atoms with Crippen LogP contribution >= 0.6 is 23.2 Å². The van der Waals surface area contributed by atoms with Gasteiger partial charge in [0, 0.05) is 17.8 Å². The van der Waals surface area contributed by atoms with Gasteiger partial charge in [-0.25, -0.2) is 4.98 Å². The lowest BCUT2D eigenvalue weighted by atomic mass is 10.2. The minimum atomic E-state index is 0.475. The van der Waals surface area contributed by atoms with E-state index < -0.39 is 0 Å². The third-order valence-corrected chi connectivity index (χ3v) is 3.07. The van der Waals surface area contributed by atoms with E-state index >= 15 is 0 Å². The minimum absolute atomic E-state index is 0.475. The van der Waals surface area contributed by atoms with Gasteiger partial charge in [-0.2, -0.15) is 0 Å². The average Bonchev–Trinajstić information content (AvgIpc) is 2.32. The zero-order chi connectivity index (χ0) is 12.3. The lowest BCUT2D eigenvalue weighted by molar-refractivity contribution is 1.13. The molecule has 0 aliphatic carbocycles. The molecule has 0 aliphatic heterocycles. The zero-order valence-electron chi connectivity index (χ0n) is 9.37. The second-order valence-corrected chi connectivity index (χ2v) is 4.56. The van der Waals surface area contributed by atoms with Crippen molar-refractivity contribution in [2.24, 2.45) is 0 Å². The molecule has 4 heteroatoms. The molecule has 0 aliphatic rings. The molecule has 0 saturated heterocycles. The summed E-state index contributed by atoms with van der Waals surface area (Å²) in [4.78, 5) is 4.08. The van der Waals surface area contributed by atoms with Gasteiger partial charge in [0.1, 0.15) is 0 Å². The summed E-state index contributed by atoms with van der Waals surface area (Å²) >= 11 is 12.1. The Hall–Kier alpha value is -1.25.